The number of aromatic hydroxyl groups is 1. The molecule has 1 aliphatic rings. The molecule has 2 N–H and O–H groups in total. The molecule has 0 aliphatic carbocycles. The van der Waals surface area contributed by atoms with Gasteiger partial charge in [-0.05, 0) is 56.2 Å². The van der Waals surface area contributed by atoms with E-state index in [2.05, 4.69) is 15.9 Å². The summed E-state index contributed by atoms with van der Waals surface area (Å²) in [5.74, 6) is -1.70. The minimum Gasteiger partial charge on any atom is -0.508 e. The van der Waals surface area contributed by atoms with Gasteiger partial charge in [-0.1, -0.05) is 34.1 Å². The molecule has 0 saturated carbocycles. The fourth-order valence-corrected chi connectivity index (χ4v) is 3.73. The second kappa shape index (κ2) is 9.02. The van der Waals surface area contributed by atoms with E-state index in [1.807, 2.05) is 20.8 Å². The number of rotatable bonds is 6. The van der Waals surface area contributed by atoms with Crippen LogP contribution in [0.3, 0.4) is 0 Å². The minimum absolute atomic E-state index is 0.00290. The first-order chi connectivity index (χ1) is 14.2. The number of benzene rings is 2. The smallest absolute Gasteiger partial charge is 0.295 e. The largest absolute Gasteiger partial charge is 0.508 e. The van der Waals surface area contributed by atoms with Gasteiger partial charge in [-0.15, -0.1) is 0 Å². The van der Waals surface area contributed by atoms with Crippen molar-refractivity contribution < 1.29 is 24.5 Å². The highest BCUT2D eigenvalue weighted by molar-refractivity contribution is 9.10. The Bertz CT molecular complexity index is 1010. The Morgan fingerprint density at radius 1 is 1.20 bits per heavy atom. The van der Waals surface area contributed by atoms with Gasteiger partial charge >= 0.3 is 0 Å². The van der Waals surface area contributed by atoms with Crippen LogP contribution in [0.2, 0.25) is 0 Å². The Hall–Kier alpha value is -2.64. The summed E-state index contributed by atoms with van der Waals surface area (Å²) < 4.78 is 6.44. The lowest BCUT2D eigenvalue weighted by Crippen LogP contribution is -2.33. The van der Waals surface area contributed by atoms with Gasteiger partial charge in [0.15, 0.2) is 0 Å². The summed E-state index contributed by atoms with van der Waals surface area (Å²) in [6.07, 6.45) is -0.0215. The monoisotopic (exact) mass is 473 g/mol. The molecule has 158 valence electrons. The third kappa shape index (κ3) is 4.42. The first kappa shape index (κ1) is 22.1. The van der Waals surface area contributed by atoms with Gasteiger partial charge in [0, 0.05) is 16.6 Å². The molecule has 2 aromatic carbocycles. The zero-order chi connectivity index (χ0) is 22.0. The number of likely N-dealkylation sites (tertiary alicyclic amines) is 1. The summed E-state index contributed by atoms with van der Waals surface area (Å²) in [6, 6.07) is 10.7. The molecule has 1 saturated heterocycles. The van der Waals surface area contributed by atoms with E-state index < -0.39 is 17.7 Å². The molecule has 3 rings (SSSR count). The van der Waals surface area contributed by atoms with E-state index in [1.54, 1.807) is 30.3 Å². The lowest BCUT2D eigenvalue weighted by Gasteiger charge is -2.25. The summed E-state index contributed by atoms with van der Waals surface area (Å²) in [5, 5.41) is 21.0. The number of phenols is 1. The molecular weight excluding hydrogens is 450 g/mol. The van der Waals surface area contributed by atoms with Gasteiger partial charge in [0.25, 0.3) is 11.7 Å². The lowest BCUT2D eigenvalue weighted by molar-refractivity contribution is -0.140. The average molecular weight is 474 g/mol. The lowest BCUT2D eigenvalue weighted by atomic mass is 9.95. The molecule has 1 heterocycles. The van der Waals surface area contributed by atoms with Crippen LogP contribution in [0.5, 0.6) is 5.75 Å². The highest BCUT2D eigenvalue weighted by Crippen LogP contribution is 2.40. The summed E-state index contributed by atoms with van der Waals surface area (Å²) in [7, 11) is 0. The van der Waals surface area contributed by atoms with Crippen LogP contribution in [0.15, 0.2) is 52.5 Å². The predicted octanol–water partition coefficient (Wildman–Crippen LogP) is 4.31. The van der Waals surface area contributed by atoms with Gasteiger partial charge < -0.3 is 19.8 Å². The van der Waals surface area contributed by atoms with Gasteiger partial charge in [0.1, 0.15) is 11.5 Å². The number of carbonyl (C=O) groups excluding carboxylic acids is 2. The number of halogens is 1. The molecular formula is C23H24BrNO5. The Morgan fingerprint density at radius 2 is 1.93 bits per heavy atom. The van der Waals surface area contributed by atoms with E-state index in [9.17, 15) is 19.8 Å². The van der Waals surface area contributed by atoms with Crippen LogP contribution in [-0.4, -0.2) is 46.1 Å². The molecule has 1 unspecified atom stereocenters. The quantitative estimate of drug-likeness (QED) is 0.370. The fraction of sp³-hybridized carbons (Fsp3) is 0.304. The van der Waals surface area contributed by atoms with E-state index in [4.69, 9.17) is 4.74 Å². The van der Waals surface area contributed by atoms with Crippen LogP contribution < -0.4 is 0 Å². The summed E-state index contributed by atoms with van der Waals surface area (Å²) >= 11 is 3.42. The van der Waals surface area contributed by atoms with E-state index >= 15 is 0 Å². The van der Waals surface area contributed by atoms with Crippen molar-refractivity contribution in [3.8, 4) is 5.75 Å². The van der Waals surface area contributed by atoms with Crippen molar-refractivity contribution in [3.05, 3.63) is 69.2 Å². The number of hydrogen-bond acceptors (Lipinski definition) is 5. The first-order valence-corrected chi connectivity index (χ1v) is 10.5. The molecule has 30 heavy (non-hydrogen) atoms. The molecule has 0 bridgehead atoms. The van der Waals surface area contributed by atoms with Crippen molar-refractivity contribution in [1.29, 1.82) is 0 Å². The summed E-state index contributed by atoms with van der Waals surface area (Å²) in [4.78, 5) is 27.1. The fourth-order valence-electron chi connectivity index (χ4n) is 3.49. The van der Waals surface area contributed by atoms with Crippen molar-refractivity contribution in [2.24, 2.45) is 0 Å². The van der Waals surface area contributed by atoms with Crippen LogP contribution in [0.1, 0.15) is 36.6 Å². The molecule has 1 fully saturated rings. The standard InChI is InChI=1S/C23H24BrNO5/c1-13(2)30-10-9-25-20(15-5-4-6-17(26)12-15)19(22(28)23(25)29)21(27)16-7-8-18(24)14(3)11-16/h4-8,11-13,20,26-27H,9-10H2,1-3H3/b21-19-. The topological polar surface area (TPSA) is 87.1 Å². The number of amides is 1. The van der Waals surface area contributed by atoms with E-state index in [-0.39, 0.29) is 36.3 Å². The molecule has 2 aromatic rings. The van der Waals surface area contributed by atoms with Gasteiger partial charge in [-0.3, -0.25) is 9.59 Å². The van der Waals surface area contributed by atoms with Gasteiger partial charge in [-0.2, -0.15) is 0 Å². The Morgan fingerprint density at radius 3 is 2.57 bits per heavy atom. The summed E-state index contributed by atoms with van der Waals surface area (Å²) in [6.45, 7) is 6.07. The highest BCUT2D eigenvalue weighted by atomic mass is 79.9. The molecule has 1 atom stereocenters. The van der Waals surface area contributed by atoms with E-state index in [0.717, 1.165) is 10.0 Å². The van der Waals surface area contributed by atoms with Crippen LogP contribution in [-0.2, 0) is 14.3 Å². The molecule has 0 radical (unpaired) electrons. The second-order valence-electron chi connectivity index (χ2n) is 7.47. The zero-order valence-corrected chi connectivity index (χ0v) is 18.6. The Balaban J connectivity index is 2.12. The second-order valence-corrected chi connectivity index (χ2v) is 8.33. The number of ether oxygens (including phenoxy) is 1. The van der Waals surface area contributed by atoms with E-state index in [0.29, 0.717) is 11.1 Å². The van der Waals surface area contributed by atoms with Crippen molar-refractivity contribution in [2.45, 2.75) is 32.9 Å². The molecule has 0 spiro atoms. The summed E-state index contributed by atoms with van der Waals surface area (Å²) in [5.41, 5.74) is 1.86. The molecule has 0 aromatic heterocycles. The van der Waals surface area contributed by atoms with Crippen molar-refractivity contribution in [2.75, 3.05) is 13.2 Å². The van der Waals surface area contributed by atoms with Gasteiger partial charge in [-0.25, -0.2) is 0 Å². The van der Waals surface area contributed by atoms with Gasteiger partial charge in [0.2, 0.25) is 0 Å². The minimum atomic E-state index is -0.822. The Labute approximate surface area is 183 Å². The number of hydrogen-bond donors (Lipinski definition) is 2. The predicted molar refractivity (Wildman–Crippen MR) is 117 cm³/mol. The number of aliphatic hydroxyl groups excluding tert-OH is 1. The van der Waals surface area contributed by atoms with Crippen LogP contribution in [0.4, 0.5) is 0 Å². The van der Waals surface area contributed by atoms with Crippen LogP contribution >= 0.6 is 15.9 Å². The van der Waals surface area contributed by atoms with E-state index in [1.165, 1.54) is 17.0 Å². The number of aryl methyl sites for hydroxylation is 1. The third-order valence-electron chi connectivity index (χ3n) is 4.94. The Kier molecular flexibility index (Phi) is 6.63. The third-order valence-corrected chi connectivity index (χ3v) is 5.83. The number of ketones is 1. The molecule has 7 heteroatoms. The number of Topliss-reactive ketones (excluding diaryl/α,β-unsaturated/α-hetero) is 1. The zero-order valence-electron chi connectivity index (χ0n) is 17.1. The molecule has 6 nitrogen and oxygen atoms in total. The maximum atomic E-state index is 12.9. The van der Waals surface area contributed by atoms with Gasteiger partial charge in [0.05, 0.1) is 24.3 Å². The number of carbonyl (C=O) groups is 2. The van der Waals surface area contributed by atoms with Crippen molar-refractivity contribution in [1.82, 2.24) is 4.90 Å². The maximum Gasteiger partial charge on any atom is 0.295 e. The van der Waals surface area contributed by atoms with Crippen LogP contribution in [0, 0.1) is 6.92 Å². The average Bonchev–Trinajstić information content (AvgIpc) is 2.94. The normalized spacial score (nSPS) is 18.4. The van der Waals surface area contributed by atoms with Crippen molar-refractivity contribution in [3.63, 3.8) is 0 Å². The first-order valence-electron chi connectivity index (χ1n) is 9.66. The van der Waals surface area contributed by atoms with Crippen LogP contribution in [0.25, 0.3) is 5.76 Å². The number of phenolic OH excluding ortho intramolecular Hbond substituents is 1. The maximum absolute atomic E-state index is 12.9. The number of nitrogens with zero attached hydrogens (tertiary/aromatic N) is 1. The van der Waals surface area contributed by atoms with Crippen molar-refractivity contribution >= 4 is 33.4 Å². The molecule has 1 amide bonds. The highest BCUT2D eigenvalue weighted by Gasteiger charge is 2.46. The SMILES string of the molecule is Cc1cc(/C(O)=C2/C(=O)C(=O)N(CCOC(C)C)C2c2cccc(O)c2)ccc1Br. The molecule has 1 aliphatic heterocycles. The number of aliphatic hydroxyl groups is 1.